The van der Waals surface area contributed by atoms with Crippen LogP contribution in [-0.4, -0.2) is 32.2 Å². The van der Waals surface area contributed by atoms with Gasteiger partial charge in [0.25, 0.3) is 0 Å². The van der Waals surface area contributed by atoms with Crippen LogP contribution in [0, 0.1) is 0 Å². The van der Waals surface area contributed by atoms with E-state index in [2.05, 4.69) is 4.98 Å². The molecule has 21 heavy (non-hydrogen) atoms. The first-order valence-corrected chi connectivity index (χ1v) is 8.25. The molecule has 2 aromatic rings. The average molecular weight is 305 g/mol. The van der Waals surface area contributed by atoms with E-state index in [4.69, 9.17) is 4.74 Å². The number of benzene rings is 1. The summed E-state index contributed by atoms with van der Waals surface area (Å²) in [6.45, 7) is 2.01. The molecule has 110 valence electrons. The maximum absolute atomic E-state index is 11.9. The lowest BCUT2D eigenvalue weighted by Gasteiger charge is -2.08. The fourth-order valence-electron chi connectivity index (χ4n) is 1.87. The maximum atomic E-state index is 11.9. The molecule has 0 amide bonds. The van der Waals surface area contributed by atoms with Crippen LogP contribution < -0.4 is 0 Å². The van der Waals surface area contributed by atoms with E-state index in [0.29, 0.717) is 16.8 Å². The molecular weight excluding hydrogens is 290 g/mol. The van der Waals surface area contributed by atoms with E-state index in [9.17, 15) is 13.2 Å². The third-order valence-electron chi connectivity index (χ3n) is 2.86. The summed E-state index contributed by atoms with van der Waals surface area (Å²) in [6, 6.07) is 9.52. The van der Waals surface area contributed by atoms with Gasteiger partial charge in [-0.3, -0.25) is 4.98 Å². The van der Waals surface area contributed by atoms with Crippen LogP contribution in [0.15, 0.2) is 47.5 Å². The summed E-state index contributed by atoms with van der Waals surface area (Å²) in [6.07, 6.45) is 2.72. The quantitative estimate of drug-likeness (QED) is 0.811. The number of hydrogen-bond donors (Lipinski definition) is 0. The van der Waals surface area contributed by atoms with Crippen LogP contribution in [0.25, 0.3) is 11.3 Å². The van der Waals surface area contributed by atoms with Crippen LogP contribution in [0.5, 0.6) is 0 Å². The Balaban J connectivity index is 2.45. The van der Waals surface area contributed by atoms with E-state index in [1.165, 1.54) is 12.1 Å². The van der Waals surface area contributed by atoms with Gasteiger partial charge < -0.3 is 4.74 Å². The molecule has 6 heteroatoms. The van der Waals surface area contributed by atoms with Gasteiger partial charge in [-0.2, -0.15) is 0 Å². The van der Waals surface area contributed by atoms with Gasteiger partial charge in [-0.15, -0.1) is 0 Å². The van der Waals surface area contributed by atoms with E-state index in [-0.39, 0.29) is 11.5 Å². The van der Waals surface area contributed by atoms with Gasteiger partial charge >= 0.3 is 5.97 Å². The predicted molar refractivity (Wildman–Crippen MR) is 78.7 cm³/mol. The fourth-order valence-corrected chi connectivity index (χ4v) is 2.50. The lowest BCUT2D eigenvalue weighted by atomic mass is 10.1. The fraction of sp³-hybridized carbons (Fsp3) is 0.200. The number of aromatic nitrogens is 1. The Kier molecular flexibility index (Phi) is 4.37. The molecule has 0 spiro atoms. The summed E-state index contributed by atoms with van der Waals surface area (Å²) in [5, 5.41) is 0. The molecule has 1 aromatic carbocycles. The van der Waals surface area contributed by atoms with Gasteiger partial charge in [0.15, 0.2) is 9.84 Å². The van der Waals surface area contributed by atoms with E-state index in [0.717, 1.165) is 6.26 Å². The first-order chi connectivity index (χ1) is 9.93. The number of hydrogen-bond acceptors (Lipinski definition) is 5. The number of ether oxygens (including phenoxy) is 1. The van der Waals surface area contributed by atoms with Crippen LogP contribution in [0.1, 0.15) is 17.3 Å². The van der Waals surface area contributed by atoms with Crippen molar-refractivity contribution < 1.29 is 17.9 Å². The van der Waals surface area contributed by atoms with Crippen LogP contribution in [0.4, 0.5) is 0 Å². The highest BCUT2D eigenvalue weighted by molar-refractivity contribution is 7.90. The topological polar surface area (TPSA) is 73.3 Å². The van der Waals surface area contributed by atoms with Gasteiger partial charge in [0.1, 0.15) is 0 Å². The number of rotatable bonds is 4. The normalized spacial score (nSPS) is 11.1. The second kappa shape index (κ2) is 6.05. The summed E-state index contributed by atoms with van der Waals surface area (Å²) in [7, 11) is -3.25. The van der Waals surface area contributed by atoms with Crippen molar-refractivity contribution in [3.8, 4) is 11.3 Å². The van der Waals surface area contributed by atoms with Gasteiger partial charge in [0.05, 0.1) is 22.8 Å². The number of esters is 1. The van der Waals surface area contributed by atoms with Crippen molar-refractivity contribution in [1.82, 2.24) is 4.98 Å². The highest BCUT2D eigenvalue weighted by Crippen LogP contribution is 2.23. The molecule has 2 rings (SSSR count). The number of nitrogens with zero attached hydrogens (tertiary/aromatic N) is 1. The van der Waals surface area contributed by atoms with Crippen molar-refractivity contribution in [2.75, 3.05) is 12.9 Å². The molecule has 0 N–H and O–H groups in total. The highest BCUT2D eigenvalue weighted by atomic mass is 32.2. The second-order valence-corrected chi connectivity index (χ2v) is 6.43. The summed E-state index contributed by atoms with van der Waals surface area (Å²) >= 11 is 0. The number of carbonyl (C=O) groups is 1. The van der Waals surface area contributed by atoms with Crippen molar-refractivity contribution in [3.63, 3.8) is 0 Å². The van der Waals surface area contributed by atoms with Gasteiger partial charge in [0, 0.05) is 18.0 Å². The Bertz CT molecular complexity index is 751. The number of sulfone groups is 1. The molecule has 0 saturated carbocycles. The lowest BCUT2D eigenvalue weighted by molar-refractivity contribution is 0.0527. The zero-order valence-corrected chi connectivity index (χ0v) is 12.6. The summed E-state index contributed by atoms with van der Waals surface area (Å²) in [5.74, 6) is -0.451. The molecule has 5 nitrogen and oxygen atoms in total. The molecule has 1 heterocycles. The van der Waals surface area contributed by atoms with Gasteiger partial charge in [-0.05, 0) is 31.2 Å². The molecular formula is C15H15NO4S. The molecule has 0 unspecified atom stereocenters. The summed E-state index contributed by atoms with van der Waals surface area (Å²) < 4.78 is 27.9. The summed E-state index contributed by atoms with van der Waals surface area (Å²) in [4.78, 5) is 16.3. The van der Waals surface area contributed by atoms with Gasteiger partial charge in [-0.25, -0.2) is 13.2 Å². The van der Waals surface area contributed by atoms with E-state index in [1.54, 1.807) is 37.4 Å². The third-order valence-corrected chi connectivity index (χ3v) is 3.99. The monoisotopic (exact) mass is 305 g/mol. The lowest BCUT2D eigenvalue weighted by Crippen LogP contribution is -2.07. The SMILES string of the molecule is CCOC(=O)c1cccnc1-c1ccc(S(C)(=O)=O)cc1. The minimum Gasteiger partial charge on any atom is -0.462 e. The molecule has 0 fully saturated rings. The molecule has 0 aliphatic carbocycles. The van der Waals surface area contributed by atoms with E-state index in [1.807, 2.05) is 0 Å². The standard InChI is InChI=1S/C15H15NO4S/c1-3-20-15(17)13-5-4-10-16-14(13)11-6-8-12(9-7-11)21(2,18)19/h4-10H,3H2,1-2H3. The Morgan fingerprint density at radius 3 is 2.43 bits per heavy atom. The maximum Gasteiger partial charge on any atom is 0.340 e. The van der Waals surface area contributed by atoms with Crippen molar-refractivity contribution >= 4 is 15.8 Å². The predicted octanol–water partition coefficient (Wildman–Crippen LogP) is 2.33. The average Bonchev–Trinajstić information content (AvgIpc) is 2.47. The smallest absolute Gasteiger partial charge is 0.340 e. The molecule has 0 radical (unpaired) electrons. The van der Waals surface area contributed by atoms with E-state index >= 15 is 0 Å². The Labute approximate surface area is 123 Å². The Morgan fingerprint density at radius 2 is 1.86 bits per heavy atom. The van der Waals surface area contributed by atoms with E-state index < -0.39 is 15.8 Å². The largest absolute Gasteiger partial charge is 0.462 e. The van der Waals surface area contributed by atoms with Crippen molar-refractivity contribution in [3.05, 3.63) is 48.2 Å². The van der Waals surface area contributed by atoms with Crippen LogP contribution in [-0.2, 0) is 14.6 Å². The zero-order chi connectivity index (χ0) is 15.5. The van der Waals surface area contributed by atoms with Gasteiger partial charge in [-0.1, -0.05) is 12.1 Å². The van der Waals surface area contributed by atoms with Crippen molar-refractivity contribution in [2.45, 2.75) is 11.8 Å². The number of pyridine rings is 1. The van der Waals surface area contributed by atoms with Crippen LogP contribution in [0.2, 0.25) is 0 Å². The Morgan fingerprint density at radius 1 is 1.19 bits per heavy atom. The van der Waals surface area contributed by atoms with Crippen molar-refractivity contribution in [1.29, 1.82) is 0 Å². The third kappa shape index (κ3) is 3.46. The molecule has 0 bridgehead atoms. The zero-order valence-electron chi connectivity index (χ0n) is 11.7. The summed E-state index contributed by atoms with van der Waals surface area (Å²) in [5.41, 5.74) is 1.48. The first-order valence-electron chi connectivity index (χ1n) is 6.36. The molecule has 0 aliphatic rings. The highest BCUT2D eigenvalue weighted by Gasteiger charge is 2.15. The minimum atomic E-state index is -3.25. The molecule has 0 aliphatic heterocycles. The van der Waals surface area contributed by atoms with Crippen molar-refractivity contribution in [2.24, 2.45) is 0 Å². The molecule has 0 atom stereocenters. The second-order valence-electron chi connectivity index (χ2n) is 4.42. The number of carbonyl (C=O) groups excluding carboxylic acids is 1. The molecule has 1 aromatic heterocycles. The molecule has 0 saturated heterocycles. The Hall–Kier alpha value is -2.21. The van der Waals surface area contributed by atoms with Crippen LogP contribution in [0.3, 0.4) is 0 Å². The minimum absolute atomic E-state index is 0.222. The van der Waals surface area contributed by atoms with Gasteiger partial charge in [0.2, 0.25) is 0 Å². The van der Waals surface area contributed by atoms with Crippen LogP contribution >= 0.6 is 0 Å². The first kappa shape index (κ1) is 15.2.